The third-order valence-corrected chi connectivity index (χ3v) is 3.02. The van der Waals surface area contributed by atoms with Crippen molar-refractivity contribution in [1.29, 1.82) is 0 Å². The van der Waals surface area contributed by atoms with Gasteiger partial charge < -0.3 is 10.1 Å². The largest absolute Gasteiger partial charge is 0.454 e. The maximum absolute atomic E-state index is 13.1. The summed E-state index contributed by atoms with van der Waals surface area (Å²) in [5, 5.41) is 2.34. The van der Waals surface area contributed by atoms with E-state index in [0.29, 0.717) is 0 Å². The van der Waals surface area contributed by atoms with Crippen molar-refractivity contribution >= 4 is 11.7 Å². The van der Waals surface area contributed by atoms with Gasteiger partial charge in [-0.1, -0.05) is 0 Å². The lowest BCUT2D eigenvalue weighted by Crippen LogP contribution is -2.15. The fourth-order valence-corrected chi connectivity index (χ4v) is 1.92. The zero-order valence-corrected chi connectivity index (χ0v) is 12.9. The van der Waals surface area contributed by atoms with Crippen LogP contribution in [0.4, 0.5) is 19.0 Å². The summed E-state index contributed by atoms with van der Waals surface area (Å²) in [4.78, 5) is 27.0. The van der Waals surface area contributed by atoms with Crippen molar-refractivity contribution < 1.29 is 22.7 Å². The highest BCUT2D eigenvalue weighted by Gasteiger charge is 2.17. The van der Waals surface area contributed by atoms with Gasteiger partial charge >= 0.3 is 0 Å². The van der Waals surface area contributed by atoms with Gasteiger partial charge in [-0.25, -0.2) is 33.1 Å². The number of pyridine rings is 2. The fraction of sp³-hybridized carbons (Fsp3) is 0.0625. The first kappa shape index (κ1) is 17.3. The van der Waals surface area contributed by atoms with Crippen molar-refractivity contribution in [2.45, 2.75) is 6.43 Å². The predicted molar refractivity (Wildman–Crippen MR) is 83.4 cm³/mol. The second-order valence-corrected chi connectivity index (χ2v) is 4.91. The Bertz CT molecular complexity index is 908. The van der Waals surface area contributed by atoms with Crippen LogP contribution in [-0.2, 0) is 0 Å². The smallest absolute Gasteiger partial charge is 0.280 e. The van der Waals surface area contributed by atoms with Crippen molar-refractivity contribution in [2.75, 3.05) is 5.32 Å². The summed E-state index contributed by atoms with van der Waals surface area (Å²) in [6.45, 7) is 0. The minimum Gasteiger partial charge on any atom is -0.454 e. The Morgan fingerprint density at radius 2 is 1.85 bits per heavy atom. The molecule has 0 saturated heterocycles. The van der Waals surface area contributed by atoms with Gasteiger partial charge in [-0.3, -0.25) is 4.79 Å². The molecule has 0 aromatic carbocycles. The summed E-state index contributed by atoms with van der Waals surface area (Å²) in [5.74, 6) is -1.19. The molecule has 7 nitrogen and oxygen atoms in total. The van der Waals surface area contributed by atoms with Crippen molar-refractivity contribution in [3.8, 4) is 11.5 Å². The van der Waals surface area contributed by atoms with Crippen LogP contribution in [0.2, 0.25) is 0 Å². The normalized spacial score (nSPS) is 10.6. The number of halogens is 3. The number of alkyl halides is 2. The first-order chi connectivity index (χ1) is 12.5. The number of carbonyl (C=O) groups is 1. The maximum Gasteiger partial charge on any atom is 0.280 e. The summed E-state index contributed by atoms with van der Waals surface area (Å²) >= 11 is 0. The average Bonchev–Trinajstić information content (AvgIpc) is 2.64. The molecule has 0 bridgehead atoms. The van der Waals surface area contributed by atoms with Gasteiger partial charge in [-0.15, -0.1) is 0 Å². The van der Waals surface area contributed by atoms with Crippen LogP contribution < -0.4 is 10.1 Å². The summed E-state index contributed by atoms with van der Waals surface area (Å²) in [7, 11) is 0. The van der Waals surface area contributed by atoms with E-state index in [2.05, 4.69) is 25.3 Å². The molecular weight excluding hydrogens is 351 g/mol. The number of nitrogens with one attached hydrogen (secondary N) is 1. The molecular formula is C16H10F3N5O2. The summed E-state index contributed by atoms with van der Waals surface area (Å²) < 4.78 is 44.4. The first-order valence-corrected chi connectivity index (χ1v) is 7.17. The van der Waals surface area contributed by atoms with Crippen molar-refractivity contribution in [1.82, 2.24) is 19.9 Å². The van der Waals surface area contributed by atoms with Crippen LogP contribution in [0.25, 0.3) is 0 Å². The van der Waals surface area contributed by atoms with Crippen LogP contribution >= 0.6 is 0 Å². The molecule has 0 fully saturated rings. The van der Waals surface area contributed by atoms with Crippen molar-refractivity contribution in [3.05, 3.63) is 66.4 Å². The van der Waals surface area contributed by atoms with Gasteiger partial charge in [0.2, 0.25) is 0 Å². The molecule has 3 aromatic heterocycles. The van der Waals surface area contributed by atoms with Crippen LogP contribution in [0.3, 0.4) is 0 Å². The van der Waals surface area contributed by atoms with Gasteiger partial charge in [0.05, 0.1) is 18.6 Å². The Labute approximate surface area is 144 Å². The van der Waals surface area contributed by atoms with Gasteiger partial charge in [0.1, 0.15) is 35.1 Å². The van der Waals surface area contributed by atoms with Gasteiger partial charge in [0.15, 0.2) is 5.75 Å². The van der Waals surface area contributed by atoms with Gasteiger partial charge in [-0.2, -0.15) is 0 Å². The van der Waals surface area contributed by atoms with Gasteiger partial charge in [0.25, 0.3) is 12.3 Å². The minimum atomic E-state index is -2.92. The SMILES string of the molecule is O=C(Nc1ccc(F)cn1)c1cc(Oc2cncnc2)cc(C(F)F)n1. The Hall–Kier alpha value is -3.56. The molecule has 132 valence electrons. The van der Waals surface area contributed by atoms with E-state index in [1.165, 1.54) is 30.9 Å². The number of anilines is 1. The van der Waals surface area contributed by atoms with Crippen LogP contribution in [0, 0.1) is 5.82 Å². The zero-order valence-electron chi connectivity index (χ0n) is 12.9. The third kappa shape index (κ3) is 4.29. The number of hydrogen-bond acceptors (Lipinski definition) is 6. The van der Waals surface area contributed by atoms with E-state index >= 15 is 0 Å². The molecule has 3 rings (SSSR count). The Balaban J connectivity index is 1.87. The van der Waals surface area contributed by atoms with Gasteiger partial charge in [-0.05, 0) is 12.1 Å². The van der Waals surface area contributed by atoms with Crippen molar-refractivity contribution in [3.63, 3.8) is 0 Å². The molecule has 0 spiro atoms. The highest BCUT2D eigenvalue weighted by atomic mass is 19.3. The third-order valence-electron chi connectivity index (χ3n) is 3.02. The quantitative estimate of drug-likeness (QED) is 0.749. The highest BCUT2D eigenvalue weighted by Crippen LogP contribution is 2.26. The fourth-order valence-electron chi connectivity index (χ4n) is 1.92. The first-order valence-electron chi connectivity index (χ1n) is 7.17. The number of aromatic nitrogens is 4. The number of rotatable bonds is 5. The van der Waals surface area contributed by atoms with Crippen LogP contribution in [-0.4, -0.2) is 25.8 Å². The lowest BCUT2D eigenvalue weighted by molar-refractivity contribution is 0.101. The summed E-state index contributed by atoms with van der Waals surface area (Å²) in [6.07, 6.45) is 1.93. The van der Waals surface area contributed by atoms with Crippen molar-refractivity contribution in [2.24, 2.45) is 0 Å². The molecule has 0 aliphatic carbocycles. The molecule has 1 amide bonds. The van der Waals surface area contributed by atoms with E-state index in [4.69, 9.17) is 4.74 Å². The average molecular weight is 361 g/mol. The molecule has 1 N–H and O–H groups in total. The maximum atomic E-state index is 13.1. The van der Waals surface area contributed by atoms with Crippen LogP contribution in [0.1, 0.15) is 22.6 Å². The number of amides is 1. The molecule has 0 unspecified atom stereocenters. The molecule has 26 heavy (non-hydrogen) atoms. The molecule has 0 saturated carbocycles. The lowest BCUT2D eigenvalue weighted by atomic mass is 10.2. The molecule has 0 aliphatic rings. The number of hydrogen-bond donors (Lipinski definition) is 1. The summed E-state index contributed by atoms with van der Waals surface area (Å²) in [6, 6.07) is 4.50. The van der Waals surface area contributed by atoms with Gasteiger partial charge in [0, 0.05) is 12.1 Å². The summed E-state index contributed by atoms with van der Waals surface area (Å²) in [5.41, 5.74) is -0.961. The van der Waals surface area contributed by atoms with E-state index < -0.39 is 23.8 Å². The van der Waals surface area contributed by atoms with E-state index in [9.17, 15) is 18.0 Å². The predicted octanol–water partition coefficient (Wildman–Crippen LogP) is 3.39. The molecule has 3 aromatic rings. The Morgan fingerprint density at radius 1 is 1.08 bits per heavy atom. The molecule has 0 atom stereocenters. The number of carbonyl (C=O) groups excluding carboxylic acids is 1. The number of nitrogens with zero attached hydrogens (tertiary/aromatic N) is 4. The minimum absolute atomic E-state index is 0.0395. The standard InChI is InChI=1S/C16H10F3N5O2/c17-9-1-2-14(22-5-9)24-16(25)13-4-10(3-12(23-13)15(18)19)26-11-6-20-8-21-7-11/h1-8,15H,(H,22,24,25). The van der Waals surface area contributed by atoms with E-state index in [-0.39, 0.29) is 23.0 Å². The molecule has 0 radical (unpaired) electrons. The zero-order chi connectivity index (χ0) is 18.5. The second kappa shape index (κ2) is 7.55. The van der Waals surface area contributed by atoms with E-state index in [1.54, 1.807) is 0 Å². The van der Waals surface area contributed by atoms with Crippen LogP contribution in [0.15, 0.2) is 49.2 Å². The topological polar surface area (TPSA) is 89.9 Å². The Morgan fingerprint density at radius 3 is 2.50 bits per heavy atom. The lowest BCUT2D eigenvalue weighted by Gasteiger charge is -2.10. The van der Waals surface area contributed by atoms with E-state index in [1.807, 2.05) is 0 Å². The molecule has 10 heteroatoms. The number of ether oxygens (including phenoxy) is 1. The Kier molecular flexibility index (Phi) is 5.02. The second-order valence-electron chi connectivity index (χ2n) is 4.91. The van der Waals surface area contributed by atoms with E-state index in [0.717, 1.165) is 18.3 Å². The van der Waals surface area contributed by atoms with Crippen LogP contribution in [0.5, 0.6) is 11.5 Å². The highest BCUT2D eigenvalue weighted by molar-refractivity contribution is 6.02. The molecule has 3 heterocycles. The monoisotopic (exact) mass is 361 g/mol. The molecule has 0 aliphatic heterocycles.